The number of thiocarbonyl (C=S) groups is 1. The van der Waals surface area contributed by atoms with E-state index >= 15 is 0 Å². The minimum absolute atomic E-state index is 0.0625. The molecule has 0 bridgehead atoms. The number of halogens is 3. The Kier molecular flexibility index (Phi) is 3.08. The van der Waals surface area contributed by atoms with E-state index in [2.05, 4.69) is 5.10 Å². The summed E-state index contributed by atoms with van der Waals surface area (Å²) in [5.41, 5.74) is 4.98. The van der Waals surface area contributed by atoms with E-state index in [1.807, 2.05) is 0 Å². The van der Waals surface area contributed by atoms with Gasteiger partial charge in [-0.05, 0) is 12.1 Å². The molecule has 0 unspecified atom stereocenters. The molecule has 3 nitrogen and oxygen atoms in total. The number of para-hydroxylation sites is 1. The van der Waals surface area contributed by atoms with Crippen molar-refractivity contribution in [2.24, 2.45) is 5.73 Å². The summed E-state index contributed by atoms with van der Waals surface area (Å²) in [6, 6.07) is 5.16. The van der Waals surface area contributed by atoms with Crippen molar-refractivity contribution in [2.45, 2.75) is 6.18 Å². The largest absolute Gasteiger partial charge is 0.418 e. The lowest BCUT2D eigenvalue weighted by atomic mass is 10.1. The van der Waals surface area contributed by atoms with E-state index in [9.17, 15) is 13.2 Å². The highest BCUT2D eigenvalue weighted by molar-refractivity contribution is 7.80. The molecule has 1 aromatic heterocycles. The van der Waals surface area contributed by atoms with Gasteiger partial charge in [-0.25, -0.2) is 4.68 Å². The van der Waals surface area contributed by atoms with Crippen LogP contribution in [0.1, 0.15) is 11.1 Å². The topological polar surface area (TPSA) is 43.8 Å². The van der Waals surface area contributed by atoms with Crippen LogP contribution in [0.2, 0.25) is 0 Å². The molecule has 1 heterocycles. The van der Waals surface area contributed by atoms with Crippen LogP contribution in [0, 0.1) is 0 Å². The number of benzene rings is 1. The Morgan fingerprint density at radius 2 is 1.94 bits per heavy atom. The van der Waals surface area contributed by atoms with E-state index in [1.165, 1.54) is 30.6 Å². The molecular formula is C11H8F3N3S. The minimum atomic E-state index is -4.44. The van der Waals surface area contributed by atoms with Gasteiger partial charge in [-0.2, -0.15) is 18.3 Å². The van der Waals surface area contributed by atoms with Crippen LogP contribution in [0.25, 0.3) is 5.69 Å². The van der Waals surface area contributed by atoms with Gasteiger partial charge >= 0.3 is 6.18 Å². The van der Waals surface area contributed by atoms with Crippen LogP contribution in [0.5, 0.6) is 0 Å². The molecule has 0 aliphatic carbocycles. The summed E-state index contributed by atoms with van der Waals surface area (Å²) in [6.45, 7) is 0. The van der Waals surface area contributed by atoms with Crippen LogP contribution in [0.15, 0.2) is 36.7 Å². The lowest BCUT2D eigenvalue weighted by molar-refractivity contribution is -0.137. The average molecular weight is 271 g/mol. The number of hydrogen-bond acceptors (Lipinski definition) is 2. The van der Waals surface area contributed by atoms with Crippen LogP contribution in [-0.2, 0) is 6.18 Å². The number of hydrogen-bond donors (Lipinski definition) is 1. The third-order valence-corrected chi connectivity index (χ3v) is 2.56. The Labute approximate surface area is 106 Å². The predicted octanol–water partition coefficient (Wildman–Crippen LogP) is 2.53. The SMILES string of the molecule is NC(=S)c1cnn(-c2ccccc2C(F)(F)F)c1. The summed E-state index contributed by atoms with van der Waals surface area (Å²) in [4.78, 5) is 0.0886. The van der Waals surface area contributed by atoms with Crippen molar-refractivity contribution in [3.63, 3.8) is 0 Å². The van der Waals surface area contributed by atoms with Crippen molar-refractivity contribution in [1.29, 1.82) is 0 Å². The fourth-order valence-electron chi connectivity index (χ4n) is 1.49. The molecule has 1 aromatic carbocycles. The number of alkyl halides is 3. The van der Waals surface area contributed by atoms with Crippen molar-refractivity contribution in [2.75, 3.05) is 0 Å². The quantitative estimate of drug-likeness (QED) is 0.854. The average Bonchev–Trinajstić information content (AvgIpc) is 2.77. The molecule has 7 heteroatoms. The third-order valence-electron chi connectivity index (χ3n) is 2.32. The maximum absolute atomic E-state index is 12.8. The van der Waals surface area contributed by atoms with Crippen molar-refractivity contribution in [3.05, 3.63) is 47.8 Å². The molecule has 0 aliphatic heterocycles. The molecule has 0 spiro atoms. The molecule has 0 aliphatic rings. The number of nitrogens with zero attached hydrogens (tertiary/aromatic N) is 2. The number of nitrogens with two attached hydrogens (primary N) is 1. The number of aromatic nitrogens is 2. The first-order valence-corrected chi connectivity index (χ1v) is 5.31. The summed E-state index contributed by atoms with van der Waals surface area (Å²) >= 11 is 4.73. The standard InChI is InChI=1S/C11H8F3N3S/c12-11(13,14)8-3-1-2-4-9(8)17-6-7(5-16-17)10(15)18/h1-6H,(H2,15,18). The van der Waals surface area contributed by atoms with Gasteiger partial charge in [0.2, 0.25) is 0 Å². The number of rotatable bonds is 2. The highest BCUT2D eigenvalue weighted by atomic mass is 32.1. The third kappa shape index (κ3) is 2.35. The second-order valence-electron chi connectivity index (χ2n) is 3.55. The fourth-order valence-corrected chi connectivity index (χ4v) is 1.60. The smallest absolute Gasteiger partial charge is 0.389 e. The van der Waals surface area contributed by atoms with Crippen LogP contribution in [-0.4, -0.2) is 14.8 Å². The summed E-state index contributed by atoms with van der Waals surface area (Å²) < 4.78 is 39.5. The second kappa shape index (κ2) is 4.41. The molecule has 0 fully saturated rings. The van der Waals surface area contributed by atoms with Gasteiger partial charge in [0.05, 0.1) is 17.4 Å². The lowest BCUT2D eigenvalue weighted by Crippen LogP contribution is -2.11. The Morgan fingerprint density at radius 1 is 1.28 bits per heavy atom. The van der Waals surface area contributed by atoms with Crippen LogP contribution < -0.4 is 5.73 Å². The molecule has 18 heavy (non-hydrogen) atoms. The Hall–Kier alpha value is -1.89. The summed E-state index contributed by atoms with van der Waals surface area (Å²) in [7, 11) is 0. The highest BCUT2D eigenvalue weighted by Crippen LogP contribution is 2.33. The Morgan fingerprint density at radius 3 is 2.50 bits per heavy atom. The van der Waals surface area contributed by atoms with E-state index < -0.39 is 11.7 Å². The van der Waals surface area contributed by atoms with E-state index in [4.69, 9.17) is 18.0 Å². The summed E-state index contributed by atoms with van der Waals surface area (Å²) in [5.74, 6) is 0. The fraction of sp³-hybridized carbons (Fsp3) is 0.0909. The summed E-state index contributed by atoms with van der Waals surface area (Å²) in [6.07, 6.45) is -1.74. The van der Waals surface area contributed by atoms with Gasteiger partial charge in [-0.15, -0.1) is 0 Å². The van der Waals surface area contributed by atoms with Gasteiger partial charge in [-0.1, -0.05) is 24.4 Å². The van der Waals surface area contributed by atoms with Crippen LogP contribution in [0.4, 0.5) is 13.2 Å². The molecule has 2 aromatic rings. The molecule has 2 N–H and O–H groups in total. The second-order valence-corrected chi connectivity index (χ2v) is 3.99. The predicted molar refractivity (Wildman–Crippen MR) is 64.5 cm³/mol. The molecule has 0 saturated heterocycles. The Balaban J connectivity index is 2.53. The first kappa shape index (κ1) is 12.6. The van der Waals surface area contributed by atoms with Gasteiger partial charge in [-0.3, -0.25) is 0 Å². The monoisotopic (exact) mass is 271 g/mol. The maximum atomic E-state index is 12.8. The Bertz CT molecular complexity index is 589. The lowest BCUT2D eigenvalue weighted by Gasteiger charge is -2.12. The van der Waals surface area contributed by atoms with Gasteiger partial charge in [0.25, 0.3) is 0 Å². The normalized spacial score (nSPS) is 11.5. The first-order chi connectivity index (χ1) is 8.39. The van der Waals surface area contributed by atoms with E-state index in [0.717, 1.165) is 10.7 Å². The minimum Gasteiger partial charge on any atom is -0.389 e. The van der Waals surface area contributed by atoms with E-state index in [-0.39, 0.29) is 10.7 Å². The van der Waals surface area contributed by atoms with Gasteiger partial charge in [0.15, 0.2) is 0 Å². The molecule has 0 amide bonds. The van der Waals surface area contributed by atoms with Crippen LogP contribution >= 0.6 is 12.2 Å². The van der Waals surface area contributed by atoms with Gasteiger partial charge in [0.1, 0.15) is 4.99 Å². The van der Waals surface area contributed by atoms with E-state index in [0.29, 0.717) is 5.56 Å². The zero-order chi connectivity index (χ0) is 13.3. The van der Waals surface area contributed by atoms with Crippen molar-refractivity contribution in [3.8, 4) is 5.69 Å². The molecule has 0 radical (unpaired) electrons. The first-order valence-electron chi connectivity index (χ1n) is 4.90. The van der Waals surface area contributed by atoms with Gasteiger partial charge < -0.3 is 5.73 Å². The van der Waals surface area contributed by atoms with Gasteiger partial charge in [0, 0.05) is 11.8 Å². The molecule has 2 rings (SSSR count). The molecule has 0 saturated carbocycles. The van der Waals surface area contributed by atoms with Crippen LogP contribution in [0.3, 0.4) is 0 Å². The van der Waals surface area contributed by atoms with Crippen molar-refractivity contribution >= 4 is 17.2 Å². The summed E-state index contributed by atoms with van der Waals surface area (Å²) in [5, 5.41) is 3.83. The zero-order valence-corrected chi connectivity index (χ0v) is 9.79. The molecular weight excluding hydrogens is 263 g/mol. The van der Waals surface area contributed by atoms with E-state index in [1.54, 1.807) is 0 Å². The zero-order valence-electron chi connectivity index (χ0n) is 8.98. The highest BCUT2D eigenvalue weighted by Gasteiger charge is 2.33. The van der Waals surface area contributed by atoms with Crippen molar-refractivity contribution in [1.82, 2.24) is 9.78 Å². The molecule has 0 atom stereocenters. The van der Waals surface area contributed by atoms with Crippen molar-refractivity contribution < 1.29 is 13.2 Å². The molecule has 94 valence electrons. The maximum Gasteiger partial charge on any atom is 0.418 e.